The van der Waals surface area contributed by atoms with Crippen LogP contribution in [0.1, 0.15) is 0 Å². The molecule has 0 N–H and O–H groups in total. The van der Waals surface area contributed by atoms with E-state index < -0.39 is 0 Å². The lowest BCUT2D eigenvalue weighted by Gasteiger charge is -2.37. The number of hydrogen-bond donors (Lipinski definition) is 0. The highest BCUT2D eigenvalue weighted by atomic mass is 16.5. The Kier molecular flexibility index (Phi) is 5.35. The highest BCUT2D eigenvalue weighted by molar-refractivity contribution is 5.78. The summed E-state index contributed by atoms with van der Waals surface area (Å²) in [5, 5.41) is 0. The molecule has 2 aliphatic rings. The molecule has 3 rings (SSSR count). The minimum Gasteiger partial charge on any atom is -0.497 e. The van der Waals surface area contributed by atoms with Crippen molar-refractivity contribution in [2.75, 3.05) is 71.0 Å². The Morgan fingerprint density at radius 1 is 1.04 bits per heavy atom. The lowest BCUT2D eigenvalue weighted by Crippen LogP contribution is -2.51. The molecule has 6 heteroatoms. The van der Waals surface area contributed by atoms with E-state index in [4.69, 9.17) is 9.47 Å². The van der Waals surface area contributed by atoms with Crippen LogP contribution in [0.2, 0.25) is 0 Å². The van der Waals surface area contributed by atoms with Gasteiger partial charge >= 0.3 is 0 Å². The molecule has 2 heterocycles. The second-order valence-electron chi connectivity index (χ2n) is 5.95. The van der Waals surface area contributed by atoms with Gasteiger partial charge in [-0.1, -0.05) is 0 Å². The third-order valence-corrected chi connectivity index (χ3v) is 4.53. The summed E-state index contributed by atoms with van der Waals surface area (Å²) in [7, 11) is 1.68. The Labute approximate surface area is 137 Å². The van der Waals surface area contributed by atoms with Crippen molar-refractivity contribution in [1.29, 1.82) is 0 Å². The van der Waals surface area contributed by atoms with Crippen LogP contribution in [-0.2, 0) is 9.53 Å². The summed E-state index contributed by atoms with van der Waals surface area (Å²) in [6.45, 7) is 7.04. The molecule has 1 aromatic carbocycles. The Morgan fingerprint density at radius 3 is 2.30 bits per heavy atom. The molecule has 0 saturated carbocycles. The van der Waals surface area contributed by atoms with E-state index in [9.17, 15) is 4.79 Å². The number of ether oxygens (including phenoxy) is 2. The number of nitrogens with zero attached hydrogens (tertiary/aromatic N) is 3. The van der Waals surface area contributed by atoms with Crippen LogP contribution in [0.25, 0.3) is 0 Å². The number of carbonyl (C=O) groups is 1. The number of benzene rings is 1. The molecule has 1 amide bonds. The summed E-state index contributed by atoms with van der Waals surface area (Å²) in [6.07, 6.45) is 0. The number of morpholine rings is 1. The SMILES string of the molecule is COc1ccc(N2CCN(CC(=O)N3CCOCC3)CC2)cc1. The van der Waals surface area contributed by atoms with E-state index in [1.807, 2.05) is 17.0 Å². The van der Waals surface area contributed by atoms with Crippen LogP contribution in [0.3, 0.4) is 0 Å². The zero-order valence-electron chi connectivity index (χ0n) is 13.7. The summed E-state index contributed by atoms with van der Waals surface area (Å²) in [4.78, 5) is 18.8. The van der Waals surface area contributed by atoms with Crippen LogP contribution < -0.4 is 9.64 Å². The van der Waals surface area contributed by atoms with Crippen molar-refractivity contribution in [2.45, 2.75) is 0 Å². The predicted molar refractivity (Wildman–Crippen MR) is 89.0 cm³/mol. The minimum atomic E-state index is 0.228. The maximum absolute atomic E-state index is 12.3. The van der Waals surface area contributed by atoms with Crippen molar-refractivity contribution in [3.05, 3.63) is 24.3 Å². The molecule has 23 heavy (non-hydrogen) atoms. The minimum absolute atomic E-state index is 0.228. The van der Waals surface area contributed by atoms with Crippen LogP contribution in [0.5, 0.6) is 5.75 Å². The van der Waals surface area contributed by atoms with Crippen molar-refractivity contribution < 1.29 is 14.3 Å². The molecule has 0 spiro atoms. The topological polar surface area (TPSA) is 45.2 Å². The zero-order chi connectivity index (χ0) is 16.1. The molecule has 0 radical (unpaired) electrons. The normalized spacial score (nSPS) is 19.7. The molecule has 2 fully saturated rings. The van der Waals surface area contributed by atoms with Crippen LogP contribution in [0, 0.1) is 0 Å². The van der Waals surface area contributed by atoms with Gasteiger partial charge in [0.15, 0.2) is 0 Å². The molecule has 0 unspecified atom stereocenters. The number of anilines is 1. The fourth-order valence-electron chi connectivity index (χ4n) is 3.06. The molecule has 2 aliphatic heterocycles. The second-order valence-corrected chi connectivity index (χ2v) is 5.95. The third-order valence-electron chi connectivity index (χ3n) is 4.53. The van der Waals surface area contributed by atoms with Gasteiger partial charge in [0.05, 0.1) is 26.9 Å². The standard InChI is InChI=1S/C17H25N3O3/c1-22-16-4-2-15(3-5-16)19-8-6-18(7-9-19)14-17(21)20-10-12-23-13-11-20/h2-5H,6-14H2,1H3. The number of piperazine rings is 1. The highest BCUT2D eigenvalue weighted by Crippen LogP contribution is 2.20. The molecule has 0 bridgehead atoms. The lowest BCUT2D eigenvalue weighted by molar-refractivity contribution is -0.136. The average Bonchev–Trinajstić information content (AvgIpc) is 2.63. The fraction of sp³-hybridized carbons (Fsp3) is 0.588. The Bertz CT molecular complexity index is 506. The zero-order valence-corrected chi connectivity index (χ0v) is 13.7. The molecule has 0 atom stereocenters. The van der Waals surface area contributed by atoms with Gasteiger partial charge in [0, 0.05) is 45.0 Å². The van der Waals surface area contributed by atoms with Crippen molar-refractivity contribution in [3.63, 3.8) is 0 Å². The summed E-state index contributed by atoms with van der Waals surface area (Å²) >= 11 is 0. The Balaban J connectivity index is 1.46. The second kappa shape index (κ2) is 7.66. The maximum atomic E-state index is 12.3. The van der Waals surface area contributed by atoms with Crippen molar-refractivity contribution in [2.24, 2.45) is 0 Å². The van der Waals surface area contributed by atoms with Gasteiger partial charge in [0.2, 0.25) is 5.91 Å². The van der Waals surface area contributed by atoms with Gasteiger partial charge in [-0.05, 0) is 24.3 Å². The van der Waals surface area contributed by atoms with Crippen molar-refractivity contribution >= 4 is 11.6 Å². The summed E-state index contributed by atoms with van der Waals surface area (Å²) in [5.41, 5.74) is 1.21. The van der Waals surface area contributed by atoms with E-state index in [1.54, 1.807) is 7.11 Å². The average molecular weight is 319 g/mol. The first-order valence-corrected chi connectivity index (χ1v) is 8.23. The molecule has 2 saturated heterocycles. The van der Waals surface area contributed by atoms with E-state index in [1.165, 1.54) is 5.69 Å². The van der Waals surface area contributed by atoms with Crippen LogP contribution in [0.15, 0.2) is 24.3 Å². The van der Waals surface area contributed by atoms with E-state index in [0.717, 1.165) is 45.0 Å². The van der Waals surface area contributed by atoms with Gasteiger partial charge in [-0.3, -0.25) is 9.69 Å². The molecule has 6 nitrogen and oxygen atoms in total. The Morgan fingerprint density at radius 2 is 1.70 bits per heavy atom. The number of amides is 1. The van der Waals surface area contributed by atoms with Crippen LogP contribution >= 0.6 is 0 Å². The van der Waals surface area contributed by atoms with Crippen LogP contribution in [-0.4, -0.2) is 81.8 Å². The van der Waals surface area contributed by atoms with E-state index in [0.29, 0.717) is 19.8 Å². The van der Waals surface area contributed by atoms with Gasteiger partial charge in [0.1, 0.15) is 5.75 Å². The van der Waals surface area contributed by atoms with E-state index in [2.05, 4.69) is 21.9 Å². The van der Waals surface area contributed by atoms with E-state index >= 15 is 0 Å². The molecule has 0 aromatic heterocycles. The fourth-order valence-corrected chi connectivity index (χ4v) is 3.06. The first-order chi connectivity index (χ1) is 11.3. The molecule has 126 valence electrons. The molecule has 0 aliphatic carbocycles. The summed E-state index contributed by atoms with van der Waals surface area (Å²) in [5.74, 6) is 1.11. The smallest absolute Gasteiger partial charge is 0.236 e. The first-order valence-electron chi connectivity index (χ1n) is 8.23. The molecular formula is C17H25N3O3. The highest BCUT2D eigenvalue weighted by Gasteiger charge is 2.23. The van der Waals surface area contributed by atoms with Gasteiger partial charge in [-0.2, -0.15) is 0 Å². The Hall–Kier alpha value is -1.79. The lowest BCUT2D eigenvalue weighted by atomic mass is 10.2. The van der Waals surface area contributed by atoms with Gasteiger partial charge in [-0.25, -0.2) is 0 Å². The maximum Gasteiger partial charge on any atom is 0.236 e. The molecular weight excluding hydrogens is 294 g/mol. The number of methoxy groups -OCH3 is 1. The van der Waals surface area contributed by atoms with Crippen molar-refractivity contribution in [1.82, 2.24) is 9.80 Å². The van der Waals surface area contributed by atoms with E-state index in [-0.39, 0.29) is 5.91 Å². The first kappa shape index (κ1) is 16.1. The third kappa shape index (κ3) is 4.14. The monoisotopic (exact) mass is 319 g/mol. The van der Waals surface area contributed by atoms with Crippen LogP contribution in [0.4, 0.5) is 5.69 Å². The van der Waals surface area contributed by atoms with Gasteiger partial charge in [-0.15, -0.1) is 0 Å². The van der Waals surface area contributed by atoms with Gasteiger partial charge < -0.3 is 19.3 Å². The predicted octanol–water partition coefficient (Wildman–Crippen LogP) is 0.676. The molecule has 1 aromatic rings. The number of rotatable bonds is 4. The summed E-state index contributed by atoms with van der Waals surface area (Å²) < 4.78 is 10.5. The largest absolute Gasteiger partial charge is 0.497 e. The number of carbonyl (C=O) groups excluding carboxylic acids is 1. The van der Waals surface area contributed by atoms with Crippen molar-refractivity contribution in [3.8, 4) is 5.75 Å². The quantitative estimate of drug-likeness (QED) is 0.816. The summed E-state index contributed by atoms with van der Waals surface area (Å²) in [6, 6.07) is 8.16. The number of hydrogen-bond acceptors (Lipinski definition) is 5. The van der Waals surface area contributed by atoms with Gasteiger partial charge in [0.25, 0.3) is 0 Å².